The van der Waals surface area contributed by atoms with E-state index in [0.29, 0.717) is 5.92 Å². The van der Waals surface area contributed by atoms with E-state index in [4.69, 9.17) is 0 Å². The molecule has 0 saturated heterocycles. The van der Waals surface area contributed by atoms with E-state index in [-0.39, 0.29) is 0 Å². The summed E-state index contributed by atoms with van der Waals surface area (Å²) in [5.74, 6) is 2.14. The number of hydrogen-bond acceptors (Lipinski definition) is 4. The minimum absolute atomic E-state index is 0.340. The maximum Gasteiger partial charge on any atom is 0.158 e. The van der Waals surface area contributed by atoms with Crippen molar-refractivity contribution in [1.82, 2.24) is 19.5 Å². The SMILES string of the molecule is CCCNc1ncnc(-c2nccn2C)c1C(C)C. The molecule has 1 N–H and O–H groups in total. The molecule has 2 aromatic rings. The van der Waals surface area contributed by atoms with E-state index < -0.39 is 0 Å². The highest BCUT2D eigenvalue weighted by molar-refractivity contribution is 5.64. The summed E-state index contributed by atoms with van der Waals surface area (Å²) in [4.78, 5) is 13.2. The van der Waals surface area contributed by atoms with E-state index in [1.165, 1.54) is 0 Å². The summed E-state index contributed by atoms with van der Waals surface area (Å²) in [6, 6.07) is 0. The van der Waals surface area contributed by atoms with Gasteiger partial charge in [-0.15, -0.1) is 0 Å². The Labute approximate surface area is 114 Å². The van der Waals surface area contributed by atoms with Gasteiger partial charge in [0.2, 0.25) is 0 Å². The molecule has 5 nitrogen and oxygen atoms in total. The molecule has 102 valence electrons. The molecule has 0 bridgehead atoms. The van der Waals surface area contributed by atoms with E-state index in [9.17, 15) is 0 Å². The third kappa shape index (κ3) is 2.75. The number of anilines is 1. The second-order valence-corrected chi connectivity index (χ2v) is 4.93. The summed E-state index contributed by atoms with van der Waals surface area (Å²) in [6.07, 6.45) is 6.40. The van der Waals surface area contributed by atoms with Crippen LogP contribution >= 0.6 is 0 Å². The molecule has 0 spiro atoms. The van der Waals surface area contributed by atoms with Gasteiger partial charge in [0, 0.05) is 31.5 Å². The van der Waals surface area contributed by atoms with E-state index in [1.807, 2.05) is 17.8 Å². The fourth-order valence-electron chi connectivity index (χ4n) is 2.10. The summed E-state index contributed by atoms with van der Waals surface area (Å²) in [5, 5.41) is 3.38. The first-order chi connectivity index (χ1) is 9.15. The Morgan fingerprint density at radius 2 is 2.05 bits per heavy atom. The lowest BCUT2D eigenvalue weighted by Gasteiger charge is -2.16. The predicted octanol–water partition coefficient (Wildman–Crippen LogP) is 2.82. The normalized spacial score (nSPS) is 11.0. The van der Waals surface area contributed by atoms with Crippen LogP contribution in [0.4, 0.5) is 5.82 Å². The molecule has 0 aliphatic heterocycles. The molecule has 19 heavy (non-hydrogen) atoms. The van der Waals surface area contributed by atoms with Crippen LogP contribution in [0.1, 0.15) is 38.7 Å². The van der Waals surface area contributed by atoms with Gasteiger partial charge in [0.25, 0.3) is 0 Å². The topological polar surface area (TPSA) is 55.6 Å². The van der Waals surface area contributed by atoms with Crippen LogP contribution in [0.2, 0.25) is 0 Å². The van der Waals surface area contributed by atoms with Crippen molar-refractivity contribution >= 4 is 5.82 Å². The van der Waals surface area contributed by atoms with Gasteiger partial charge in [0.15, 0.2) is 5.82 Å². The van der Waals surface area contributed by atoms with Crippen molar-refractivity contribution in [1.29, 1.82) is 0 Å². The molecular weight excluding hydrogens is 238 g/mol. The molecule has 0 fully saturated rings. The second kappa shape index (κ2) is 5.82. The zero-order valence-electron chi connectivity index (χ0n) is 12.0. The lowest BCUT2D eigenvalue weighted by molar-refractivity contribution is 0.831. The number of aromatic nitrogens is 4. The Morgan fingerprint density at radius 1 is 1.26 bits per heavy atom. The molecule has 0 aliphatic rings. The zero-order valence-corrected chi connectivity index (χ0v) is 12.0. The second-order valence-electron chi connectivity index (χ2n) is 4.93. The van der Waals surface area contributed by atoms with Gasteiger partial charge >= 0.3 is 0 Å². The minimum Gasteiger partial charge on any atom is -0.370 e. The summed E-state index contributed by atoms with van der Waals surface area (Å²) in [5.41, 5.74) is 2.04. The maximum absolute atomic E-state index is 4.44. The van der Waals surface area contributed by atoms with Crippen molar-refractivity contribution in [3.05, 3.63) is 24.3 Å². The van der Waals surface area contributed by atoms with Crippen LogP contribution in [-0.2, 0) is 7.05 Å². The van der Waals surface area contributed by atoms with Gasteiger partial charge in [0.05, 0.1) is 0 Å². The van der Waals surface area contributed by atoms with Crippen LogP contribution < -0.4 is 5.32 Å². The molecule has 0 saturated carbocycles. The largest absolute Gasteiger partial charge is 0.370 e. The van der Waals surface area contributed by atoms with Gasteiger partial charge in [-0.05, 0) is 12.3 Å². The smallest absolute Gasteiger partial charge is 0.158 e. The van der Waals surface area contributed by atoms with Crippen LogP contribution in [0.3, 0.4) is 0 Å². The monoisotopic (exact) mass is 259 g/mol. The quantitative estimate of drug-likeness (QED) is 0.897. The molecule has 0 unspecified atom stereocenters. The van der Waals surface area contributed by atoms with Gasteiger partial charge in [-0.1, -0.05) is 20.8 Å². The van der Waals surface area contributed by atoms with Gasteiger partial charge in [-0.2, -0.15) is 0 Å². The first-order valence-electron chi connectivity index (χ1n) is 6.71. The predicted molar refractivity (Wildman–Crippen MR) is 77.1 cm³/mol. The Bertz CT molecular complexity index is 545. The molecule has 0 atom stereocenters. The van der Waals surface area contributed by atoms with Crippen molar-refractivity contribution in [2.24, 2.45) is 7.05 Å². The zero-order chi connectivity index (χ0) is 13.8. The van der Waals surface area contributed by atoms with Crippen molar-refractivity contribution < 1.29 is 0 Å². The minimum atomic E-state index is 0.340. The lowest BCUT2D eigenvalue weighted by Crippen LogP contribution is -2.10. The molecule has 2 heterocycles. The van der Waals surface area contributed by atoms with E-state index in [0.717, 1.165) is 35.9 Å². The van der Waals surface area contributed by atoms with Gasteiger partial charge in [-0.25, -0.2) is 15.0 Å². The van der Waals surface area contributed by atoms with Crippen LogP contribution in [0.5, 0.6) is 0 Å². The van der Waals surface area contributed by atoms with Crippen molar-refractivity contribution in [2.75, 3.05) is 11.9 Å². The molecule has 0 aliphatic carbocycles. The first-order valence-corrected chi connectivity index (χ1v) is 6.71. The first kappa shape index (κ1) is 13.5. The number of imidazole rings is 1. The maximum atomic E-state index is 4.44. The fraction of sp³-hybridized carbons (Fsp3) is 0.500. The standard InChI is InChI=1S/C14H21N5/c1-5-6-15-13-11(10(2)3)12(17-9-18-13)14-16-7-8-19(14)4/h7-10H,5-6H2,1-4H3,(H,15,17,18). The Balaban J connectivity index is 2.52. The van der Waals surface area contributed by atoms with Gasteiger partial charge in [0.1, 0.15) is 17.8 Å². The van der Waals surface area contributed by atoms with E-state index in [2.05, 4.69) is 41.0 Å². The van der Waals surface area contributed by atoms with Crippen LogP contribution in [0.15, 0.2) is 18.7 Å². The molecule has 2 aromatic heterocycles. The third-order valence-electron chi connectivity index (χ3n) is 3.04. The molecule has 2 rings (SSSR count). The Morgan fingerprint density at radius 3 is 2.63 bits per heavy atom. The van der Waals surface area contributed by atoms with Crippen molar-refractivity contribution in [3.8, 4) is 11.5 Å². The van der Waals surface area contributed by atoms with Crippen LogP contribution in [-0.4, -0.2) is 26.1 Å². The third-order valence-corrected chi connectivity index (χ3v) is 3.04. The molecule has 0 amide bonds. The summed E-state index contributed by atoms with van der Waals surface area (Å²) < 4.78 is 1.98. The lowest BCUT2D eigenvalue weighted by atomic mass is 10.0. The number of hydrogen-bond donors (Lipinski definition) is 1. The Kier molecular flexibility index (Phi) is 4.14. The molecule has 0 aromatic carbocycles. The van der Waals surface area contributed by atoms with Crippen molar-refractivity contribution in [3.63, 3.8) is 0 Å². The number of aryl methyl sites for hydroxylation is 1. The van der Waals surface area contributed by atoms with Crippen LogP contribution in [0, 0.1) is 0 Å². The number of nitrogens with zero attached hydrogens (tertiary/aromatic N) is 4. The average molecular weight is 259 g/mol. The molecule has 0 radical (unpaired) electrons. The number of nitrogens with one attached hydrogen (secondary N) is 1. The average Bonchev–Trinajstić information content (AvgIpc) is 2.81. The van der Waals surface area contributed by atoms with Crippen molar-refractivity contribution in [2.45, 2.75) is 33.1 Å². The summed E-state index contributed by atoms with van der Waals surface area (Å²) >= 11 is 0. The highest BCUT2D eigenvalue weighted by Gasteiger charge is 2.18. The van der Waals surface area contributed by atoms with Gasteiger partial charge in [-0.3, -0.25) is 0 Å². The van der Waals surface area contributed by atoms with Gasteiger partial charge < -0.3 is 9.88 Å². The number of rotatable bonds is 5. The van der Waals surface area contributed by atoms with E-state index in [1.54, 1.807) is 12.5 Å². The Hall–Kier alpha value is -1.91. The highest BCUT2D eigenvalue weighted by Crippen LogP contribution is 2.30. The fourth-order valence-corrected chi connectivity index (χ4v) is 2.10. The molecule has 5 heteroatoms. The van der Waals surface area contributed by atoms with Crippen LogP contribution in [0.25, 0.3) is 11.5 Å². The van der Waals surface area contributed by atoms with E-state index >= 15 is 0 Å². The summed E-state index contributed by atoms with van der Waals surface area (Å²) in [7, 11) is 1.98. The molecular formula is C14H21N5. The summed E-state index contributed by atoms with van der Waals surface area (Å²) in [6.45, 7) is 7.37. The highest BCUT2D eigenvalue weighted by atomic mass is 15.1.